The molecule has 0 spiro atoms. The van der Waals surface area contributed by atoms with Crippen molar-refractivity contribution in [3.8, 4) is 0 Å². The fourth-order valence-electron chi connectivity index (χ4n) is 0.871. The Morgan fingerprint density at radius 1 is 1.85 bits per heavy atom. The van der Waals surface area contributed by atoms with Crippen LogP contribution in [0, 0.1) is 0 Å². The Morgan fingerprint density at radius 2 is 2.46 bits per heavy atom. The van der Waals surface area contributed by atoms with E-state index < -0.39 is 5.97 Å². The van der Waals surface area contributed by atoms with Crippen LogP contribution >= 0.6 is 15.9 Å². The predicted molar refractivity (Wildman–Crippen MR) is 48.7 cm³/mol. The first-order valence-corrected chi connectivity index (χ1v) is 4.44. The number of halogens is 1. The summed E-state index contributed by atoms with van der Waals surface area (Å²) in [5, 5.41) is 17.5. The average molecular weight is 249 g/mol. The van der Waals surface area contributed by atoms with E-state index in [9.17, 15) is 4.79 Å². The zero-order valence-corrected chi connectivity index (χ0v) is 8.52. The molecule has 0 aliphatic carbocycles. The lowest BCUT2D eigenvalue weighted by molar-refractivity contribution is 0.0690. The lowest BCUT2D eigenvalue weighted by atomic mass is 10.3. The van der Waals surface area contributed by atoms with Crippen LogP contribution in [-0.2, 0) is 0 Å². The van der Waals surface area contributed by atoms with Gasteiger partial charge in [0.15, 0.2) is 10.4 Å². The summed E-state index contributed by atoms with van der Waals surface area (Å²) >= 11 is 3.10. The van der Waals surface area contributed by atoms with Crippen molar-refractivity contribution in [1.82, 2.24) is 9.55 Å². The summed E-state index contributed by atoms with van der Waals surface area (Å²) in [6.45, 7) is 1.70. The standard InChI is InChI=1S/C7H9BrN2O3/c1-4(3-11)10-2-5(6(12)13)9-7(10)8/h2,4,11H,3H2,1H3,(H,12,13). The predicted octanol–water partition coefficient (Wildman–Crippen LogP) is 0.897. The minimum atomic E-state index is -1.08. The lowest BCUT2D eigenvalue weighted by Gasteiger charge is -2.09. The second kappa shape index (κ2) is 3.89. The van der Waals surface area contributed by atoms with Gasteiger partial charge in [0.05, 0.1) is 12.6 Å². The van der Waals surface area contributed by atoms with Crippen LogP contribution in [0.4, 0.5) is 0 Å². The largest absolute Gasteiger partial charge is 0.476 e. The number of hydrogen-bond donors (Lipinski definition) is 2. The van der Waals surface area contributed by atoms with E-state index in [1.165, 1.54) is 6.20 Å². The molecule has 1 aromatic heterocycles. The van der Waals surface area contributed by atoms with Crippen LogP contribution in [0.1, 0.15) is 23.5 Å². The smallest absolute Gasteiger partial charge is 0.356 e. The van der Waals surface area contributed by atoms with Crippen molar-refractivity contribution in [2.45, 2.75) is 13.0 Å². The first-order valence-electron chi connectivity index (χ1n) is 3.64. The van der Waals surface area contributed by atoms with Gasteiger partial charge in [-0.05, 0) is 22.9 Å². The molecular formula is C7H9BrN2O3. The van der Waals surface area contributed by atoms with Gasteiger partial charge in [-0.25, -0.2) is 9.78 Å². The number of carbonyl (C=O) groups is 1. The molecule has 0 aliphatic heterocycles. The van der Waals surface area contributed by atoms with Crippen LogP contribution in [0.25, 0.3) is 0 Å². The minimum Gasteiger partial charge on any atom is -0.476 e. The van der Waals surface area contributed by atoms with Crippen LogP contribution in [0.15, 0.2) is 10.9 Å². The number of hydrogen-bond acceptors (Lipinski definition) is 3. The monoisotopic (exact) mass is 248 g/mol. The van der Waals surface area contributed by atoms with E-state index in [-0.39, 0.29) is 18.3 Å². The molecular weight excluding hydrogens is 240 g/mol. The molecule has 72 valence electrons. The Kier molecular flexibility index (Phi) is 3.05. The van der Waals surface area contributed by atoms with Gasteiger partial charge in [0.1, 0.15) is 0 Å². The molecule has 1 heterocycles. The van der Waals surface area contributed by atoms with Crippen LogP contribution in [-0.4, -0.2) is 32.3 Å². The third-order valence-corrected chi connectivity index (χ3v) is 2.23. The van der Waals surface area contributed by atoms with Crippen LogP contribution < -0.4 is 0 Å². The van der Waals surface area contributed by atoms with Gasteiger partial charge >= 0.3 is 5.97 Å². The summed E-state index contributed by atoms with van der Waals surface area (Å²) in [5.41, 5.74) is -0.0350. The van der Waals surface area contributed by atoms with Crippen LogP contribution in [0.3, 0.4) is 0 Å². The van der Waals surface area contributed by atoms with E-state index >= 15 is 0 Å². The van der Waals surface area contributed by atoms with Gasteiger partial charge in [0.25, 0.3) is 0 Å². The highest BCUT2D eigenvalue weighted by Gasteiger charge is 2.14. The quantitative estimate of drug-likeness (QED) is 0.834. The van der Waals surface area contributed by atoms with Gasteiger partial charge in [0.2, 0.25) is 0 Å². The number of nitrogens with zero attached hydrogens (tertiary/aromatic N) is 2. The Bertz CT molecular complexity index is 324. The highest BCUT2D eigenvalue weighted by atomic mass is 79.9. The number of carboxylic acids is 1. The summed E-state index contributed by atoms with van der Waals surface area (Å²) in [4.78, 5) is 14.3. The van der Waals surface area contributed by atoms with E-state index in [0.717, 1.165) is 0 Å². The van der Waals surface area contributed by atoms with Gasteiger partial charge in [-0.2, -0.15) is 0 Å². The SMILES string of the molecule is CC(CO)n1cc(C(=O)O)nc1Br. The third-order valence-electron chi connectivity index (χ3n) is 1.65. The summed E-state index contributed by atoms with van der Waals surface area (Å²) in [7, 11) is 0. The summed E-state index contributed by atoms with van der Waals surface area (Å²) < 4.78 is 1.97. The fourth-order valence-corrected chi connectivity index (χ4v) is 1.51. The Balaban J connectivity index is 3.02. The van der Waals surface area contributed by atoms with E-state index in [1.807, 2.05) is 0 Å². The van der Waals surface area contributed by atoms with Gasteiger partial charge in [-0.15, -0.1) is 0 Å². The van der Waals surface area contributed by atoms with Gasteiger partial charge in [-0.1, -0.05) is 0 Å². The number of imidazole rings is 1. The fraction of sp³-hybridized carbons (Fsp3) is 0.429. The van der Waals surface area contributed by atoms with Crippen molar-refractivity contribution >= 4 is 21.9 Å². The van der Waals surface area contributed by atoms with E-state index in [0.29, 0.717) is 4.73 Å². The number of rotatable bonds is 3. The topological polar surface area (TPSA) is 75.4 Å². The molecule has 6 heteroatoms. The number of carboxylic acid groups (broad SMARTS) is 1. The summed E-state index contributed by atoms with van der Waals surface area (Å²) in [6, 6.07) is -0.185. The second-order valence-electron chi connectivity index (χ2n) is 2.64. The highest BCUT2D eigenvalue weighted by Crippen LogP contribution is 2.16. The number of aliphatic hydroxyl groups is 1. The van der Waals surface area contributed by atoms with Crippen LogP contribution in [0.2, 0.25) is 0 Å². The number of aromatic carboxylic acids is 1. The maximum atomic E-state index is 10.5. The van der Waals surface area contributed by atoms with E-state index in [1.54, 1.807) is 11.5 Å². The van der Waals surface area contributed by atoms with Crippen LogP contribution in [0.5, 0.6) is 0 Å². The molecule has 5 nitrogen and oxygen atoms in total. The number of aliphatic hydroxyl groups excluding tert-OH is 1. The first-order chi connectivity index (χ1) is 6.06. The highest BCUT2D eigenvalue weighted by molar-refractivity contribution is 9.10. The zero-order valence-electron chi connectivity index (χ0n) is 6.94. The van der Waals surface area contributed by atoms with Crippen molar-refractivity contribution in [1.29, 1.82) is 0 Å². The molecule has 13 heavy (non-hydrogen) atoms. The molecule has 0 bridgehead atoms. The molecule has 1 aromatic rings. The molecule has 0 saturated heterocycles. The average Bonchev–Trinajstić information content (AvgIpc) is 2.46. The minimum absolute atomic E-state index is 0.0350. The molecule has 0 fully saturated rings. The van der Waals surface area contributed by atoms with Crippen molar-refractivity contribution in [3.63, 3.8) is 0 Å². The Hall–Kier alpha value is -0.880. The molecule has 0 aromatic carbocycles. The van der Waals surface area contributed by atoms with Crippen molar-refractivity contribution in [2.24, 2.45) is 0 Å². The Labute approximate surface area is 83.1 Å². The van der Waals surface area contributed by atoms with Gasteiger partial charge < -0.3 is 14.8 Å². The second-order valence-corrected chi connectivity index (χ2v) is 3.35. The summed E-state index contributed by atoms with van der Waals surface area (Å²) in [6.07, 6.45) is 1.38. The van der Waals surface area contributed by atoms with Crippen molar-refractivity contribution < 1.29 is 15.0 Å². The maximum Gasteiger partial charge on any atom is 0.356 e. The normalized spacial score (nSPS) is 12.8. The molecule has 1 unspecified atom stereocenters. The molecule has 0 aliphatic rings. The third kappa shape index (κ3) is 2.07. The summed E-state index contributed by atoms with van der Waals surface area (Å²) in [5.74, 6) is -1.08. The van der Waals surface area contributed by atoms with E-state index in [4.69, 9.17) is 10.2 Å². The van der Waals surface area contributed by atoms with E-state index in [2.05, 4.69) is 20.9 Å². The van der Waals surface area contributed by atoms with Crippen molar-refractivity contribution in [3.05, 3.63) is 16.6 Å². The molecule has 0 amide bonds. The molecule has 0 saturated carbocycles. The molecule has 1 atom stereocenters. The van der Waals surface area contributed by atoms with Gasteiger partial charge in [-0.3, -0.25) is 0 Å². The zero-order chi connectivity index (χ0) is 10.0. The number of aromatic nitrogens is 2. The maximum absolute atomic E-state index is 10.5. The van der Waals surface area contributed by atoms with Gasteiger partial charge in [0, 0.05) is 6.20 Å². The molecule has 0 radical (unpaired) electrons. The molecule has 1 rings (SSSR count). The van der Waals surface area contributed by atoms with Crippen molar-refractivity contribution in [2.75, 3.05) is 6.61 Å². The Morgan fingerprint density at radius 3 is 2.85 bits per heavy atom. The first kappa shape index (κ1) is 10.2. The molecule has 2 N–H and O–H groups in total. The lowest BCUT2D eigenvalue weighted by Crippen LogP contribution is -2.08.